The van der Waals surface area contributed by atoms with Gasteiger partial charge in [-0.3, -0.25) is 9.69 Å². The Balaban J connectivity index is 1.85. The summed E-state index contributed by atoms with van der Waals surface area (Å²) >= 11 is 3.44. The second kappa shape index (κ2) is 7.88. The molecule has 0 fully saturated rings. The van der Waals surface area contributed by atoms with E-state index in [9.17, 15) is 4.79 Å². The van der Waals surface area contributed by atoms with Crippen molar-refractivity contribution in [2.24, 2.45) is 0 Å². The lowest BCUT2D eigenvalue weighted by molar-refractivity contribution is 0.310. The summed E-state index contributed by atoms with van der Waals surface area (Å²) in [6.07, 6.45) is 0. The molecule has 3 rings (SSSR count). The van der Waals surface area contributed by atoms with Gasteiger partial charge in [0.15, 0.2) is 11.5 Å². The second-order valence-electron chi connectivity index (χ2n) is 6.04. The third-order valence-electron chi connectivity index (χ3n) is 4.05. The Morgan fingerprint density at radius 2 is 1.73 bits per heavy atom. The molecule has 0 amide bonds. The minimum absolute atomic E-state index is 0.192. The lowest BCUT2D eigenvalue weighted by Gasteiger charge is -2.16. The van der Waals surface area contributed by atoms with Gasteiger partial charge in [-0.25, -0.2) is 4.98 Å². The van der Waals surface area contributed by atoms with Gasteiger partial charge in [0, 0.05) is 17.1 Å². The van der Waals surface area contributed by atoms with Gasteiger partial charge in [0.25, 0.3) is 5.56 Å². The van der Waals surface area contributed by atoms with E-state index in [4.69, 9.17) is 9.47 Å². The number of methoxy groups -OCH3 is 2. The highest BCUT2D eigenvalue weighted by Crippen LogP contribution is 2.29. The molecule has 0 radical (unpaired) electrons. The highest BCUT2D eigenvalue weighted by Gasteiger charge is 2.12. The summed E-state index contributed by atoms with van der Waals surface area (Å²) < 4.78 is 11.6. The molecule has 0 aliphatic heterocycles. The van der Waals surface area contributed by atoms with E-state index in [1.807, 2.05) is 19.2 Å². The Morgan fingerprint density at radius 1 is 1.08 bits per heavy atom. The first-order valence-corrected chi connectivity index (χ1v) is 8.87. The van der Waals surface area contributed by atoms with Crippen molar-refractivity contribution in [3.8, 4) is 11.5 Å². The van der Waals surface area contributed by atoms with Gasteiger partial charge >= 0.3 is 0 Å². The van der Waals surface area contributed by atoms with E-state index < -0.39 is 0 Å². The van der Waals surface area contributed by atoms with Crippen molar-refractivity contribution in [1.29, 1.82) is 0 Å². The minimum atomic E-state index is -0.192. The third-order valence-corrected chi connectivity index (χ3v) is 4.57. The van der Waals surface area contributed by atoms with E-state index in [-0.39, 0.29) is 5.56 Å². The standard InChI is InChI=1S/C19H20BrN3O3/c1-23(10-12-4-6-13(20)7-5-12)11-18-21-15-9-17(26-3)16(25-2)8-14(15)19(24)22-18/h4-9H,10-11H2,1-3H3,(H,21,22,24). The number of hydrogen-bond acceptors (Lipinski definition) is 5. The van der Waals surface area contributed by atoms with Crippen LogP contribution in [0.2, 0.25) is 0 Å². The number of ether oxygens (including phenoxy) is 2. The van der Waals surface area contributed by atoms with E-state index in [1.165, 1.54) is 12.7 Å². The number of nitrogens with one attached hydrogen (secondary N) is 1. The molecule has 7 heteroatoms. The largest absolute Gasteiger partial charge is 0.493 e. The SMILES string of the molecule is COc1cc2nc(CN(C)Cc3ccc(Br)cc3)[nH]c(=O)c2cc1OC. The number of hydrogen-bond donors (Lipinski definition) is 1. The lowest BCUT2D eigenvalue weighted by atomic mass is 10.2. The van der Waals surface area contributed by atoms with Crippen molar-refractivity contribution >= 4 is 26.8 Å². The summed E-state index contributed by atoms with van der Waals surface area (Å²) in [5.41, 5.74) is 1.58. The average molecular weight is 418 g/mol. The molecule has 1 aromatic heterocycles. The molecule has 0 atom stereocenters. The minimum Gasteiger partial charge on any atom is -0.493 e. The fraction of sp³-hybridized carbons (Fsp3) is 0.263. The van der Waals surface area contributed by atoms with Crippen molar-refractivity contribution in [2.75, 3.05) is 21.3 Å². The highest BCUT2D eigenvalue weighted by molar-refractivity contribution is 9.10. The number of benzene rings is 2. The van der Waals surface area contributed by atoms with Gasteiger partial charge < -0.3 is 14.5 Å². The summed E-state index contributed by atoms with van der Waals surface area (Å²) in [5.74, 6) is 1.66. The first-order valence-electron chi connectivity index (χ1n) is 8.08. The van der Waals surface area contributed by atoms with Crippen molar-refractivity contribution < 1.29 is 9.47 Å². The summed E-state index contributed by atoms with van der Waals surface area (Å²) in [6.45, 7) is 1.27. The number of aromatic nitrogens is 2. The molecule has 26 heavy (non-hydrogen) atoms. The van der Waals surface area contributed by atoms with E-state index in [0.29, 0.717) is 34.8 Å². The van der Waals surface area contributed by atoms with Crippen LogP contribution >= 0.6 is 15.9 Å². The van der Waals surface area contributed by atoms with Gasteiger partial charge in [0.2, 0.25) is 0 Å². The van der Waals surface area contributed by atoms with Crippen LogP contribution in [-0.2, 0) is 13.1 Å². The maximum Gasteiger partial charge on any atom is 0.258 e. The Kier molecular flexibility index (Phi) is 5.58. The normalized spacial score (nSPS) is 11.1. The topological polar surface area (TPSA) is 67.5 Å². The van der Waals surface area contributed by atoms with Crippen LogP contribution in [0.1, 0.15) is 11.4 Å². The van der Waals surface area contributed by atoms with Crippen molar-refractivity contribution in [1.82, 2.24) is 14.9 Å². The van der Waals surface area contributed by atoms with Crippen LogP contribution < -0.4 is 15.0 Å². The van der Waals surface area contributed by atoms with E-state index in [1.54, 1.807) is 19.2 Å². The molecule has 0 aliphatic rings. The molecule has 1 N–H and O–H groups in total. The highest BCUT2D eigenvalue weighted by atomic mass is 79.9. The molecule has 2 aromatic carbocycles. The van der Waals surface area contributed by atoms with Crippen LogP contribution in [0, 0.1) is 0 Å². The Bertz CT molecular complexity index is 970. The summed E-state index contributed by atoms with van der Waals surface area (Å²) in [4.78, 5) is 21.9. The average Bonchev–Trinajstić information content (AvgIpc) is 2.62. The number of H-pyrrole nitrogens is 1. The Morgan fingerprint density at radius 3 is 2.38 bits per heavy atom. The zero-order chi connectivity index (χ0) is 18.7. The van der Waals surface area contributed by atoms with E-state index >= 15 is 0 Å². The molecule has 6 nitrogen and oxygen atoms in total. The summed E-state index contributed by atoms with van der Waals surface area (Å²) in [6, 6.07) is 11.5. The lowest BCUT2D eigenvalue weighted by Crippen LogP contribution is -2.21. The zero-order valence-corrected chi connectivity index (χ0v) is 16.5. The van der Waals surface area contributed by atoms with Crippen LogP contribution in [0.15, 0.2) is 45.7 Å². The van der Waals surface area contributed by atoms with Crippen molar-refractivity contribution in [2.45, 2.75) is 13.1 Å². The summed E-state index contributed by atoms with van der Waals surface area (Å²) in [5, 5.41) is 0.474. The van der Waals surface area contributed by atoms with Gasteiger partial charge in [-0.15, -0.1) is 0 Å². The predicted octanol–water partition coefficient (Wildman–Crippen LogP) is 3.33. The van der Waals surface area contributed by atoms with Crippen molar-refractivity contribution in [3.63, 3.8) is 0 Å². The first kappa shape index (κ1) is 18.4. The predicted molar refractivity (Wildman–Crippen MR) is 105 cm³/mol. The van der Waals surface area contributed by atoms with Gasteiger partial charge in [-0.05, 0) is 30.8 Å². The maximum atomic E-state index is 12.4. The molecule has 0 spiro atoms. The monoisotopic (exact) mass is 417 g/mol. The maximum absolute atomic E-state index is 12.4. The number of fused-ring (bicyclic) bond motifs is 1. The number of rotatable bonds is 6. The number of aromatic amines is 1. The number of nitrogens with zero attached hydrogens (tertiary/aromatic N) is 2. The van der Waals surface area contributed by atoms with E-state index in [0.717, 1.165) is 11.0 Å². The molecule has 0 bridgehead atoms. The number of halogens is 1. The molecule has 0 saturated heterocycles. The molecule has 0 unspecified atom stereocenters. The fourth-order valence-corrected chi connectivity index (χ4v) is 3.07. The summed E-state index contributed by atoms with van der Waals surface area (Å²) in [7, 11) is 5.08. The third kappa shape index (κ3) is 4.05. The zero-order valence-electron chi connectivity index (χ0n) is 14.9. The quantitative estimate of drug-likeness (QED) is 0.665. The van der Waals surface area contributed by atoms with Crippen LogP contribution in [0.4, 0.5) is 0 Å². The van der Waals surface area contributed by atoms with Crippen molar-refractivity contribution in [3.05, 3.63) is 62.6 Å². The second-order valence-corrected chi connectivity index (χ2v) is 6.95. The van der Waals surface area contributed by atoms with Gasteiger partial charge in [-0.2, -0.15) is 0 Å². The van der Waals surface area contributed by atoms with Crippen LogP contribution in [0.25, 0.3) is 10.9 Å². The van der Waals surface area contributed by atoms with E-state index in [2.05, 4.69) is 42.9 Å². The smallest absolute Gasteiger partial charge is 0.258 e. The fourth-order valence-electron chi connectivity index (χ4n) is 2.80. The Hall–Kier alpha value is -2.38. The van der Waals surface area contributed by atoms with Crippen LogP contribution in [0.3, 0.4) is 0 Å². The van der Waals surface area contributed by atoms with Crippen LogP contribution in [0.5, 0.6) is 11.5 Å². The van der Waals surface area contributed by atoms with Gasteiger partial charge in [0.1, 0.15) is 5.82 Å². The van der Waals surface area contributed by atoms with Crippen LogP contribution in [-0.4, -0.2) is 36.1 Å². The molecule has 1 heterocycles. The van der Waals surface area contributed by atoms with Gasteiger partial charge in [-0.1, -0.05) is 28.1 Å². The molecular formula is C19H20BrN3O3. The molecule has 3 aromatic rings. The first-order chi connectivity index (χ1) is 12.5. The molecular weight excluding hydrogens is 398 g/mol. The Labute approximate surface area is 159 Å². The molecule has 0 aliphatic carbocycles. The molecule has 0 saturated carbocycles. The molecule has 136 valence electrons. The van der Waals surface area contributed by atoms with Gasteiger partial charge in [0.05, 0.1) is 31.7 Å².